The summed E-state index contributed by atoms with van der Waals surface area (Å²) in [6.07, 6.45) is 0.634. The maximum Gasteiger partial charge on any atom is 0.407 e. The fourth-order valence-electron chi connectivity index (χ4n) is 2.42. The van der Waals surface area contributed by atoms with E-state index in [0.717, 1.165) is 18.4 Å². The summed E-state index contributed by atoms with van der Waals surface area (Å²) in [5.41, 5.74) is 0.152. The van der Waals surface area contributed by atoms with E-state index in [1.54, 1.807) is 20.8 Å². The minimum absolute atomic E-state index is 0.0704. The highest BCUT2D eigenvalue weighted by molar-refractivity contribution is 5.68. The lowest BCUT2D eigenvalue weighted by Gasteiger charge is -2.25. The van der Waals surface area contributed by atoms with Gasteiger partial charge in [0.05, 0.1) is 6.04 Å². The van der Waals surface area contributed by atoms with Crippen molar-refractivity contribution in [2.45, 2.75) is 64.7 Å². The van der Waals surface area contributed by atoms with E-state index >= 15 is 0 Å². The summed E-state index contributed by atoms with van der Waals surface area (Å²) in [7, 11) is 0. The first-order valence-corrected chi connectivity index (χ1v) is 8.86. The highest BCUT2D eigenvalue weighted by atomic mass is 16.6. The summed E-state index contributed by atoms with van der Waals surface area (Å²) in [5, 5.41) is 21.3. The highest BCUT2D eigenvalue weighted by Crippen LogP contribution is 2.24. The van der Waals surface area contributed by atoms with Crippen LogP contribution in [0.3, 0.4) is 0 Å². The quantitative estimate of drug-likeness (QED) is 0.777. The number of unbranched alkanes of at least 4 members (excludes halogenated alkanes) is 1. The normalized spacial score (nSPS) is 13.9. The van der Waals surface area contributed by atoms with E-state index in [-0.39, 0.29) is 5.89 Å². The molecule has 0 spiro atoms. The topological polar surface area (TPSA) is 97.5 Å². The van der Waals surface area contributed by atoms with Gasteiger partial charge in [0.25, 0.3) is 0 Å². The predicted molar refractivity (Wildman–Crippen MR) is 97.4 cm³/mol. The summed E-state index contributed by atoms with van der Waals surface area (Å²) in [6, 6.07) is 8.73. The predicted octanol–water partition coefficient (Wildman–Crippen LogP) is 3.85. The van der Waals surface area contributed by atoms with E-state index in [9.17, 15) is 9.90 Å². The minimum Gasteiger partial charge on any atom is -0.444 e. The van der Waals surface area contributed by atoms with E-state index in [1.807, 2.05) is 37.3 Å². The molecule has 2 aromatic rings. The number of nitrogens with zero attached hydrogens (tertiary/aromatic N) is 2. The SMILES string of the molecule is CCCCC(NC(=O)OC(C)(C)C)C(O)c1nnc(-c2ccccc2)o1. The number of amides is 1. The van der Waals surface area contributed by atoms with Crippen LogP contribution in [0.4, 0.5) is 4.79 Å². The van der Waals surface area contributed by atoms with Gasteiger partial charge in [-0.25, -0.2) is 4.79 Å². The van der Waals surface area contributed by atoms with E-state index in [1.165, 1.54) is 0 Å². The molecule has 7 nitrogen and oxygen atoms in total. The van der Waals surface area contributed by atoms with Gasteiger partial charge in [-0.3, -0.25) is 0 Å². The number of carbonyl (C=O) groups excluding carboxylic acids is 1. The third-order valence-corrected chi connectivity index (χ3v) is 3.67. The Hall–Kier alpha value is -2.41. The van der Waals surface area contributed by atoms with E-state index in [0.29, 0.717) is 12.3 Å². The Balaban J connectivity index is 2.12. The Morgan fingerprint density at radius 3 is 2.58 bits per heavy atom. The zero-order chi connectivity index (χ0) is 19.2. The van der Waals surface area contributed by atoms with Gasteiger partial charge in [-0.1, -0.05) is 38.0 Å². The summed E-state index contributed by atoms with van der Waals surface area (Å²) in [5.74, 6) is 0.396. The number of nitrogens with one attached hydrogen (secondary N) is 1. The van der Waals surface area contributed by atoms with Crippen LogP contribution in [0.1, 0.15) is 59.0 Å². The van der Waals surface area contributed by atoms with Gasteiger partial charge in [-0.05, 0) is 39.3 Å². The molecule has 1 aromatic heterocycles. The van der Waals surface area contributed by atoms with Crippen LogP contribution in [0.5, 0.6) is 0 Å². The Bertz CT molecular complexity index is 694. The number of hydrogen-bond donors (Lipinski definition) is 2. The Kier molecular flexibility index (Phi) is 6.74. The molecule has 7 heteroatoms. The maximum absolute atomic E-state index is 12.1. The molecule has 0 radical (unpaired) electrons. The average Bonchev–Trinajstić information content (AvgIpc) is 3.07. The fourth-order valence-corrected chi connectivity index (χ4v) is 2.42. The number of ether oxygens (including phenoxy) is 1. The number of rotatable bonds is 7. The van der Waals surface area contributed by atoms with Gasteiger partial charge in [0.15, 0.2) is 6.10 Å². The van der Waals surface area contributed by atoms with Gasteiger partial charge in [-0.15, -0.1) is 10.2 Å². The monoisotopic (exact) mass is 361 g/mol. The van der Waals surface area contributed by atoms with Crippen LogP contribution in [0.2, 0.25) is 0 Å². The van der Waals surface area contributed by atoms with Gasteiger partial charge in [-0.2, -0.15) is 0 Å². The molecule has 1 heterocycles. The minimum atomic E-state index is -1.11. The lowest BCUT2D eigenvalue weighted by atomic mass is 10.0. The molecule has 0 saturated heterocycles. The standard InChI is InChI=1S/C19H27N3O4/c1-5-6-12-14(20-18(24)26-19(2,3)4)15(23)17-22-21-16(25-17)13-10-8-7-9-11-13/h7-11,14-15,23H,5-6,12H2,1-4H3,(H,20,24). The number of aromatic nitrogens is 2. The summed E-state index contributed by atoms with van der Waals surface area (Å²) >= 11 is 0. The number of benzene rings is 1. The van der Waals surface area contributed by atoms with E-state index in [4.69, 9.17) is 9.15 Å². The van der Waals surface area contributed by atoms with Gasteiger partial charge in [0.1, 0.15) is 5.60 Å². The zero-order valence-corrected chi connectivity index (χ0v) is 15.7. The van der Waals surface area contributed by atoms with Crippen molar-refractivity contribution < 1.29 is 19.1 Å². The molecule has 2 unspecified atom stereocenters. The van der Waals surface area contributed by atoms with Crippen molar-refractivity contribution in [2.75, 3.05) is 0 Å². The molecule has 0 aliphatic rings. The first-order chi connectivity index (χ1) is 12.3. The molecule has 2 N–H and O–H groups in total. The smallest absolute Gasteiger partial charge is 0.407 e. The molecule has 0 fully saturated rings. The molecule has 26 heavy (non-hydrogen) atoms. The molecule has 0 saturated carbocycles. The van der Waals surface area contributed by atoms with Crippen LogP contribution < -0.4 is 5.32 Å². The number of aliphatic hydroxyl groups excluding tert-OH is 1. The fraction of sp³-hybridized carbons (Fsp3) is 0.526. The molecule has 0 aliphatic heterocycles. The number of alkyl carbamates (subject to hydrolysis) is 1. The first kappa shape index (κ1) is 19.9. The summed E-state index contributed by atoms with van der Waals surface area (Å²) in [4.78, 5) is 12.1. The van der Waals surface area contributed by atoms with Gasteiger partial charge < -0.3 is 19.6 Å². The third-order valence-electron chi connectivity index (χ3n) is 3.67. The summed E-state index contributed by atoms with van der Waals surface area (Å²) in [6.45, 7) is 7.40. The average molecular weight is 361 g/mol. The molecule has 1 amide bonds. The van der Waals surface area contributed by atoms with Crippen LogP contribution in [0.25, 0.3) is 11.5 Å². The van der Waals surface area contributed by atoms with Crippen molar-refractivity contribution in [1.29, 1.82) is 0 Å². The van der Waals surface area contributed by atoms with E-state index in [2.05, 4.69) is 15.5 Å². The zero-order valence-electron chi connectivity index (χ0n) is 15.7. The van der Waals surface area contributed by atoms with Crippen molar-refractivity contribution in [1.82, 2.24) is 15.5 Å². The lowest BCUT2D eigenvalue weighted by Crippen LogP contribution is -2.42. The van der Waals surface area contributed by atoms with Crippen LogP contribution >= 0.6 is 0 Å². The van der Waals surface area contributed by atoms with Crippen molar-refractivity contribution in [2.24, 2.45) is 0 Å². The van der Waals surface area contributed by atoms with Crippen LogP contribution in [0.15, 0.2) is 34.7 Å². The summed E-state index contributed by atoms with van der Waals surface area (Å²) < 4.78 is 10.9. The Morgan fingerprint density at radius 1 is 1.27 bits per heavy atom. The largest absolute Gasteiger partial charge is 0.444 e. The third kappa shape index (κ3) is 5.84. The van der Waals surface area contributed by atoms with Gasteiger partial charge >= 0.3 is 6.09 Å². The second-order valence-electron chi connectivity index (χ2n) is 7.15. The Morgan fingerprint density at radius 2 is 1.96 bits per heavy atom. The van der Waals surface area contributed by atoms with Crippen molar-refractivity contribution in [3.8, 4) is 11.5 Å². The van der Waals surface area contributed by atoms with Gasteiger partial charge in [0.2, 0.25) is 11.8 Å². The van der Waals surface area contributed by atoms with Crippen LogP contribution in [-0.2, 0) is 4.74 Å². The van der Waals surface area contributed by atoms with Crippen molar-refractivity contribution in [3.63, 3.8) is 0 Å². The molecule has 0 bridgehead atoms. The maximum atomic E-state index is 12.1. The van der Waals surface area contributed by atoms with Gasteiger partial charge in [0, 0.05) is 5.56 Å². The molecule has 2 rings (SSSR count). The molecule has 1 aromatic carbocycles. The highest BCUT2D eigenvalue weighted by Gasteiger charge is 2.29. The molecule has 142 valence electrons. The molecule has 0 aliphatic carbocycles. The first-order valence-electron chi connectivity index (χ1n) is 8.86. The number of hydrogen-bond acceptors (Lipinski definition) is 6. The van der Waals surface area contributed by atoms with Crippen LogP contribution in [-0.4, -0.2) is 33.0 Å². The molecular weight excluding hydrogens is 334 g/mol. The Labute approximate surface area is 153 Å². The second-order valence-corrected chi connectivity index (χ2v) is 7.15. The number of aliphatic hydroxyl groups is 1. The molecule has 2 atom stereocenters. The second kappa shape index (κ2) is 8.80. The van der Waals surface area contributed by atoms with Crippen molar-refractivity contribution in [3.05, 3.63) is 36.2 Å². The number of carbonyl (C=O) groups is 1. The van der Waals surface area contributed by atoms with Crippen LogP contribution in [0, 0.1) is 0 Å². The van der Waals surface area contributed by atoms with Crippen molar-refractivity contribution >= 4 is 6.09 Å². The molecular formula is C19H27N3O4. The van der Waals surface area contributed by atoms with E-state index < -0.39 is 23.8 Å². The lowest BCUT2D eigenvalue weighted by molar-refractivity contribution is 0.0377.